The van der Waals surface area contributed by atoms with E-state index in [1.54, 1.807) is 20.8 Å². The minimum absolute atomic E-state index is 0.284. The van der Waals surface area contributed by atoms with E-state index < -0.39 is 29.6 Å². The standard InChI is InChI=1S/C14H28N4O4/c1-14(2,3)22-13(21)18-10(9-11(16)19)12(20)17-8-6-4-5-7-15/h10H,4-9,15H2,1-3H3,(H2,16,19)(H,17,20)(H,18,21)/t10-/m1/s1. The number of nitrogens with one attached hydrogen (secondary N) is 2. The van der Waals surface area contributed by atoms with Gasteiger partial charge in [0, 0.05) is 6.54 Å². The number of rotatable bonds is 9. The zero-order valence-electron chi connectivity index (χ0n) is 13.6. The van der Waals surface area contributed by atoms with Gasteiger partial charge >= 0.3 is 6.09 Å². The Morgan fingerprint density at radius 3 is 2.27 bits per heavy atom. The largest absolute Gasteiger partial charge is 0.444 e. The fourth-order valence-corrected chi connectivity index (χ4v) is 1.64. The second-order valence-corrected chi connectivity index (χ2v) is 6.01. The SMILES string of the molecule is CC(C)(C)OC(=O)N[C@H](CC(N)=O)C(=O)NCCCCCN. The van der Waals surface area contributed by atoms with Crippen LogP contribution in [0, 0.1) is 0 Å². The molecule has 0 heterocycles. The number of hydrogen-bond acceptors (Lipinski definition) is 5. The molecule has 8 heteroatoms. The minimum atomic E-state index is -1.04. The fourth-order valence-electron chi connectivity index (χ4n) is 1.64. The van der Waals surface area contributed by atoms with Crippen LogP contribution < -0.4 is 22.1 Å². The summed E-state index contributed by atoms with van der Waals surface area (Å²) < 4.78 is 5.06. The van der Waals surface area contributed by atoms with E-state index >= 15 is 0 Å². The van der Waals surface area contributed by atoms with Crippen molar-refractivity contribution < 1.29 is 19.1 Å². The molecular formula is C14H28N4O4. The molecule has 0 aliphatic rings. The van der Waals surface area contributed by atoms with E-state index in [1.165, 1.54) is 0 Å². The molecule has 0 fully saturated rings. The lowest BCUT2D eigenvalue weighted by Gasteiger charge is -2.22. The van der Waals surface area contributed by atoms with Gasteiger partial charge in [-0.3, -0.25) is 9.59 Å². The number of primary amides is 1. The Kier molecular flexibility index (Phi) is 9.16. The molecule has 6 N–H and O–H groups in total. The predicted octanol–water partition coefficient (Wildman–Crippen LogP) is 0.000300. The van der Waals surface area contributed by atoms with Crippen LogP contribution in [-0.4, -0.2) is 42.6 Å². The van der Waals surface area contributed by atoms with Crippen LogP contribution >= 0.6 is 0 Å². The predicted molar refractivity (Wildman–Crippen MR) is 82.9 cm³/mol. The van der Waals surface area contributed by atoms with Crippen LogP contribution in [0.2, 0.25) is 0 Å². The van der Waals surface area contributed by atoms with Gasteiger partial charge in [-0.1, -0.05) is 6.42 Å². The van der Waals surface area contributed by atoms with Gasteiger partial charge < -0.3 is 26.8 Å². The molecule has 0 rings (SSSR count). The van der Waals surface area contributed by atoms with Gasteiger partial charge in [-0.25, -0.2) is 4.79 Å². The van der Waals surface area contributed by atoms with Crippen molar-refractivity contribution >= 4 is 17.9 Å². The molecule has 0 aromatic carbocycles. The molecule has 0 aromatic heterocycles. The quantitative estimate of drug-likeness (QED) is 0.444. The molecule has 0 spiro atoms. The third-order valence-corrected chi connectivity index (χ3v) is 2.59. The Bertz CT molecular complexity index is 380. The summed E-state index contributed by atoms with van der Waals surface area (Å²) in [7, 11) is 0. The Hall–Kier alpha value is -1.83. The summed E-state index contributed by atoms with van der Waals surface area (Å²) >= 11 is 0. The molecule has 0 aliphatic carbocycles. The molecule has 8 nitrogen and oxygen atoms in total. The maximum Gasteiger partial charge on any atom is 0.408 e. The molecular weight excluding hydrogens is 288 g/mol. The maximum atomic E-state index is 12.0. The molecule has 3 amide bonds. The highest BCUT2D eigenvalue weighted by molar-refractivity contribution is 5.90. The first kappa shape index (κ1) is 20.2. The van der Waals surface area contributed by atoms with Gasteiger partial charge in [0.2, 0.25) is 11.8 Å². The monoisotopic (exact) mass is 316 g/mol. The summed E-state index contributed by atoms with van der Waals surface area (Å²) in [5.41, 5.74) is 9.79. The summed E-state index contributed by atoms with van der Waals surface area (Å²) in [6.45, 7) is 6.16. The van der Waals surface area contributed by atoms with Crippen LogP contribution in [0.15, 0.2) is 0 Å². The number of nitrogens with two attached hydrogens (primary N) is 2. The lowest BCUT2D eigenvalue weighted by molar-refractivity contribution is -0.127. The van der Waals surface area contributed by atoms with Crippen molar-refractivity contribution in [3.8, 4) is 0 Å². The first-order valence-corrected chi connectivity index (χ1v) is 7.41. The Balaban J connectivity index is 4.40. The molecule has 0 aliphatic heterocycles. The maximum absolute atomic E-state index is 12.0. The average molecular weight is 316 g/mol. The summed E-state index contributed by atoms with van der Waals surface area (Å²) in [5, 5.41) is 5.02. The van der Waals surface area contributed by atoms with Crippen molar-refractivity contribution in [3.05, 3.63) is 0 Å². The number of carbonyl (C=O) groups excluding carboxylic acids is 3. The van der Waals surface area contributed by atoms with E-state index in [4.69, 9.17) is 16.2 Å². The summed E-state index contributed by atoms with van der Waals surface area (Å²) in [6.07, 6.45) is 1.51. The van der Waals surface area contributed by atoms with E-state index in [0.717, 1.165) is 19.3 Å². The van der Waals surface area contributed by atoms with Crippen molar-refractivity contribution in [1.82, 2.24) is 10.6 Å². The molecule has 1 atom stereocenters. The van der Waals surface area contributed by atoms with E-state index in [-0.39, 0.29) is 6.42 Å². The van der Waals surface area contributed by atoms with E-state index in [0.29, 0.717) is 13.1 Å². The van der Waals surface area contributed by atoms with Crippen LogP contribution in [0.1, 0.15) is 46.5 Å². The normalized spacial score (nSPS) is 12.4. The highest BCUT2D eigenvalue weighted by Crippen LogP contribution is 2.07. The van der Waals surface area contributed by atoms with E-state index in [2.05, 4.69) is 10.6 Å². The van der Waals surface area contributed by atoms with Gasteiger partial charge in [-0.15, -0.1) is 0 Å². The van der Waals surface area contributed by atoms with Crippen molar-refractivity contribution in [2.24, 2.45) is 11.5 Å². The van der Waals surface area contributed by atoms with Crippen LogP contribution in [0.3, 0.4) is 0 Å². The molecule has 0 aromatic rings. The topological polar surface area (TPSA) is 137 Å². The van der Waals surface area contributed by atoms with Crippen molar-refractivity contribution in [2.75, 3.05) is 13.1 Å². The summed E-state index contributed by atoms with van der Waals surface area (Å²) in [4.78, 5) is 34.7. The van der Waals surface area contributed by atoms with Gasteiger partial charge in [0.15, 0.2) is 0 Å². The minimum Gasteiger partial charge on any atom is -0.444 e. The summed E-state index contributed by atoms with van der Waals surface area (Å²) in [6, 6.07) is -1.04. The van der Waals surface area contributed by atoms with E-state index in [9.17, 15) is 14.4 Å². The van der Waals surface area contributed by atoms with Crippen molar-refractivity contribution in [1.29, 1.82) is 0 Å². The van der Waals surface area contributed by atoms with Crippen LogP contribution in [0.5, 0.6) is 0 Å². The molecule has 22 heavy (non-hydrogen) atoms. The molecule has 0 radical (unpaired) electrons. The van der Waals surface area contributed by atoms with Gasteiger partial charge in [0.1, 0.15) is 11.6 Å². The van der Waals surface area contributed by atoms with Crippen molar-refractivity contribution in [3.63, 3.8) is 0 Å². The lowest BCUT2D eigenvalue weighted by Crippen LogP contribution is -2.50. The molecule has 0 bridgehead atoms. The Morgan fingerprint density at radius 2 is 1.77 bits per heavy atom. The number of ether oxygens (including phenoxy) is 1. The van der Waals surface area contributed by atoms with Crippen molar-refractivity contribution in [2.45, 2.75) is 58.1 Å². The second-order valence-electron chi connectivity index (χ2n) is 6.01. The third kappa shape index (κ3) is 10.9. The number of amides is 3. The first-order valence-electron chi connectivity index (χ1n) is 7.41. The van der Waals surface area contributed by atoms with Gasteiger partial charge in [0.25, 0.3) is 0 Å². The van der Waals surface area contributed by atoms with Gasteiger partial charge in [-0.05, 0) is 40.2 Å². The Morgan fingerprint density at radius 1 is 1.14 bits per heavy atom. The first-order chi connectivity index (χ1) is 10.2. The third-order valence-electron chi connectivity index (χ3n) is 2.59. The van der Waals surface area contributed by atoms with E-state index in [1.807, 2.05) is 0 Å². The van der Waals surface area contributed by atoms with Crippen LogP contribution in [0.25, 0.3) is 0 Å². The van der Waals surface area contributed by atoms with Gasteiger partial charge in [0.05, 0.1) is 6.42 Å². The van der Waals surface area contributed by atoms with Gasteiger partial charge in [-0.2, -0.15) is 0 Å². The number of hydrogen-bond donors (Lipinski definition) is 4. The second kappa shape index (κ2) is 9.99. The van der Waals surface area contributed by atoms with Crippen LogP contribution in [-0.2, 0) is 14.3 Å². The number of carbonyl (C=O) groups is 3. The average Bonchev–Trinajstić information content (AvgIpc) is 2.34. The number of unbranched alkanes of at least 4 members (excludes halogenated alkanes) is 2. The fraction of sp³-hybridized carbons (Fsp3) is 0.786. The Labute approximate surface area is 131 Å². The molecule has 0 saturated carbocycles. The molecule has 128 valence electrons. The number of alkyl carbamates (subject to hydrolysis) is 1. The molecule has 0 unspecified atom stereocenters. The van der Waals surface area contributed by atoms with Crippen LogP contribution in [0.4, 0.5) is 4.79 Å². The molecule has 0 saturated heterocycles. The highest BCUT2D eigenvalue weighted by atomic mass is 16.6. The lowest BCUT2D eigenvalue weighted by atomic mass is 10.1. The highest BCUT2D eigenvalue weighted by Gasteiger charge is 2.25. The zero-order chi connectivity index (χ0) is 17.2. The smallest absolute Gasteiger partial charge is 0.408 e. The zero-order valence-corrected chi connectivity index (χ0v) is 13.6. The summed E-state index contributed by atoms with van der Waals surface area (Å²) in [5.74, 6) is -1.14.